The third kappa shape index (κ3) is 3.37. The van der Waals surface area contributed by atoms with Crippen molar-refractivity contribution in [3.63, 3.8) is 0 Å². The predicted octanol–water partition coefficient (Wildman–Crippen LogP) is 2.83. The van der Waals surface area contributed by atoms with Gasteiger partial charge in [0.25, 0.3) is 10.9 Å². The Hall–Kier alpha value is -2.81. The first-order valence-electron chi connectivity index (χ1n) is 8.67. The summed E-state index contributed by atoms with van der Waals surface area (Å²) in [5.74, 6) is -0.974. The SMILES string of the molecule is O=c1c(NCc2ccc(-c3noc(C(F)(F)Cl)n3)cc2)c(N2CCCC2)c1=O. The van der Waals surface area contributed by atoms with E-state index in [2.05, 4.69) is 20.0 Å². The largest absolute Gasteiger partial charge is 0.400 e. The Kier molecular flexibility index (Phi) is 4.62. The molecule has 1 fully saturated rings. The molecule has 0 unspecified atom stereocenters. The van der Waals surface area contributed by atoms with Crippen molar-refractivity contribution >= 4 is 23.0 Å². The normalized spacial score (nSPS) is 14.8. The van der Waals surface area contributed by atoms with Gasteiger partial charge in [-0.3, -0.25) is 9.59 Å². The lowest BCUT2D eigenvalue weighted by Gasteiger charge is -2.22. The van der Waals surface area contributed by atoms with Crippen LogP contribution in [0, 0.1) is 0 Å². The Morgan fingerprint density at radius 3 is 2.43 bits per heavy atom. The smallest absolute Gasteiger partial charge is 0.376 e. The number of nitrogens with zero attached hydrogens (tertiary/aromatic N) is 3. The van der Waals surface area contributed by atoms with Crippen LogP contribution in [-0.4, -0.2) is 23.2 Å². The molecular weight excluding hydrogens is 394 g/mol. The van der Waals surface area contributed by atoms with E-state index < -0.39 is 22.1 Å². The number of halogens is 3. The van der Waals surface area contributed by atoms with E-state index in [0.717, 1.165) is 31.5 Å². The lowest BCUT2D eigenvalue weighted by atomic mass is 10.1. The van der Waals surface area contributed by atoms with Crippen LogP contribution in [0.15, 0.2) is 38.4 Å². The molecule has 1 aliphatic rings. The third-order valence-electron chi connectivity index (χ3n) is 4.66. The van der Waals surface area contributed by atoms with Crippen LogP contribution >= 0.6 is 11.6 Å². The van der Waals surface area contributed by atoms with Gasteiger partial charge < -0.3 is 14.7 Å². The van der Waals surface area contributed by atoms with Crippen molar-refractivity contribution in [1.82, 2.24) is 10.1 Å². The molecule has 10 heteroatoms. The topological polar surface area (TPSA) is 88.3 Å². The summed E-state index contributed by atoms with van der Waals surface area (Å²) < 4.78 is 30.4. The third-order valence-corrected chi connectivity index (χ3v) is 4.82. The number of rotatable bonds is 6. The highest BCUT2D eigenvalue weighted by Crippen LogP contribution is 2.32. The summed E-state index contributed by atoms with van der Waals surface area (Å²) in [7, 11) is 0. The van der Waals surface area contributed by atoms with Crippen LogP contribution in [0.2, 0.25) is 0 Å². The highest BCUT2D eigenvalue weighted by molar-refractivity contribution is 6.21. The summed E-state index contributed by atoms with van der Waals surface area (Å²) in [4.78, 5) is 29.3. The fraction of sp³-hybridized carbons (Fsp3) is 0.333. The molecule has 0 amide bonds. The van der Waals surface area contributed by atoms with Crippen molar-refractivity contribution in [3.05, 3.63) is 56.2 Å². The highest BCUT2D eigenvalue weighted by atomic mass is 35.5. The minimum atomic E-state index is -3.72. The summed E-state index contributed by atoms with van der Waals surface area (Å²) in [6.45, 7) is 1.90. The predicted molar refractivity (Wildman–Crippen MR) is 99.6 cm³/mol. The van der Waals surface area contributed by atoms with Gasteiger partial charge in [-0.15, -0.1) is 0 Å². The zero-order valence-corrected chi connectivity index (χ0v) is 15.3. The summed E-state index contributed by atoms with van der Waals surface area (Å²) in [6.07, 6.45) is 2.01. The Morgan fingerprint density at radius 2 is 1.82 bits per heavy atom. The molecule has 7 nitrogen and oxygen atoms in total. The van der Waals surface area contributed by atoms with Crippen molar-refractivity contribution in [2.75, 3.05) is 23.3 Å². The molecule has 146 valence electrons. The number of alkyl halides is 3. The summed E-state index contributed by atoms with van der Waals surface area (Å²) >= 11 is 4.86. The average Bonchev–Trinajstić information content (AvgIpc) is 3.36. The number of benzene rings is 1. The van der Waals surface area contributed by atoms with E-state index in [1.54, 1.807) is 24.3 Å². The Morgan fingerprint density at radius 1 is 1.14 bits per heavy atom. The van der Waals surface area contributed by atoms with E-state index >= 15 is 0 Å². The van der Waals surface area contributed by atoms with Crippen molar-refractivity contribution in [3.8, 4) is 11.4 Å². The average molecular weight is 409 g/mol. The van der Waals surface area contributed by atoms with Gasteiger partial charge in [0.05, 0.1) is 0 Å². The van der Waals surface area contributed by atoms with E-state index in [1.807, 2.05) is 4.90 Å². The lowest BCUT2D eigenvalue weighted by molar-refractivity contribution is 0.0551. The molecule has 28 heavy (non-hydrogen) atoms. The van der Waals surface area contributed by atoms with Gasteiger partial charge in [-0.25, -0.2) is 0 Å². The van der Waals surface area contributed by atoms with E-state index in [-0.39, 0.29) is 5.82 Å². The molecule has 2 aromatic carbocycles. The molecule has 0 atom stereocenters. The van der Waals surface area contributed by atoms with Gasteiger partial charge in [0.15, 0.2) is 0 Å². The van der Waals surface area contributed by atoms with Crippen LogP contribution in [0.25, 0.3) is 11.4 Å². The second-order valence-corrected chi connectivity index (χ2v) is 7.02. The fourth-order valence-electron chi connectivity index (χ4n) is 3.20. The molecule has 1 aromatic heterocycles. The number of hydrogen-bond acceptors (Lipinski definition) is 7. The number of hydrogen-bond donors (Lipinski definition) is 1. The van der Waals surface area contributed by atoms with Crippen molar-refractivity contribution in [2.45, 2.75) is 24.8 Å². The first-order valence-corrected chi connectivity index (χ1v) is 9.05. The van der Waals surface area contributed by atoms with Crippen LogP contribution in [0.3, 0.4) is 0 Å². The van der Waals surface area contributed by atoms with Crippen LogP contribution in [0.4, 0.5) is 20.2 Å². The number of nitrogens with one attached hydrogen (secondary N) is 1. The van der Waals surface area contributed by atoms with Gasteiger partial charge in [-0.1, -0.05) is 29.4 Å². The highest BCUT2D eigenvalue weighted by Gasteiger charge is 2.35. The van der Waals surface area contributed by atoms with Crippen molar-refractivity contribution < 1.29 is 13.3 Å². The molecule has 0 bridgehead atoms. The van der Waals surface area contributed by atoms with Gasteiger partial charge in [-0.2, -0.15) is 13.8 Å². The summed E-state index contributed by atoms with van der Waals surface area (Å²) in [6, 6.07) is 6.75. The zero-order chi connectivity index (χ0) is 19.9. The van der Waals surface area contributed by atoms with Gasteiger partial charge in [0.1, 0.15) is 11.4 Å². The molecule has 4 rings (SSSR count). The Bertz CT molecular complexity index is 1060. The Balaban J connectivity index is 1.45. The summed E-state index contributed by atoms with van der Waals surface area (Å²) in [5.41, 5.74) is 1.19. The van der Waals surface area contributed by atoms with Crippen LogP contribution in [-0.2, 0) is 11.9 Å². The van der Waals surface area contributed by atoms with Crippen molar-refractivity contribution in [2.24, 2.45) is 0 Å². The molecule has 1 aliphatic heterocycles. The second-order valence-electron chi connectivity index (χ2n) is 6.55. The molecule has 0 saturated carbocycles. The van der Waals surface area contributed by atoms with Crippen LogP contribution < -0.4 is 21.1 Å². The maximum absolute atomic E-state index is 13.0. The molecule has 2 heterocycles. The maximum Gasteiger partial charge on any atom is 0.400 e. The van der Waals surface area contributed by atoms with Crippen molar-refractivity contribution in [1.29, 1.82) is 0 Å². The maximum atomic E-state index is 13.0. The van der Waals surface area contributed by atoms with Crippen LogP contribution in [0.1, 0.15) is 24.3 Å². The van der Waals surface area contributed by atoms with Gasteiger partial charge in [0.2, 0.25) is 5.82 Å². The van der Waals surface area contributed by atoms with E-state index in [4.69, 9.17) is 11.6 Å². The molecule has 0 radical (unpaired) electrons. The Labute approximate surface area is 162 Å². The molecule has 1 saturated heterocycles. The molecule has 0 spiro atoms. The minimum absolute atomic E-state index is 0.00590. The standard InChI is InChI=1S/C18H15ClF2N4O3/c19-18(20,21)17-23-16(24-28-17)11-5-3-10(4-6-11)9-22-12-13(15(27)14(12)26)25-7-1-2-8-25/h3-6,22H,1-2,7-9H2. The molecule has 1 N–H and O–H groups in total. The monoisotopic (exact) mass is 408 g/mol. The van der Waals surface area contributed by atoms with E-state index in [9.17, 15) is 18.4 Å². The second kappa shape index (κ2) is 6.97. The quantitative estimate of drug-likeness (QED) is 0.495. The number of anilines is 2. The van der Waals surface area contributed by atoms with E-state index in [0.29, 0.717) is 23.5 Å². The first-order chi connectivity index (χ1) is 13.3. The fourth-order valence-corrected chi connectivity index (χ4v) is 3.28. The number of aromatic nitrogens is 2. The first kappa shape index (κ1) is 18.5. The van der Waals surface area contributed by atoms with Gasteiger partial charge >= 0.3 is 11.3 Å². The minimum Gasteiger partial charge on any atom is -0.376 e. The molecule has 0 aliphatic carbocycles. The zero-order valence-electron chi connectivity index (χ0n) is 14.5. The lowest BCUT2D eigenvalue weighted by Crippen LogP contribution is -2.41. The molecular formula is C18H15ClF2N4O3. The van der Waals surface area contributed by atoms with Gasteiger partial charge in [0, 0.05) is 25.2 Å². The van der Waals surface area contributed by atoms with Gasteiger partial charge in [-0.05, 0) is 30.0 Å². The van der Waals surface area contributed by atoms with Crippen LogP contribution in [0.5, 0.6) is 0 Å². The molecule has 3 aromatic rings. The van der Waals surface area contributed by atoms with E-state index in [1.165, 1.54) is 0 Å². The summed E-state index contributed by atoms with van der Waals surface area (Å²) in [5, 5.41) is 2.80.